The van der Waals surface area contributed by atoms with Crippen LogP contribution < -0.4 is 5.32 Å². The number of rotatable bonds is 3. The maximum atomic E-state index is 5.88. The van der Waals surface area contributed by atoms with Gasteiger partial charge in [0.25, 0.3) is 0 Å². The molecule has 0 amide bonds. The van der Waals surface area contributed by atoms with Crippen LogP contribution >= 0.6 is 0 Å². The van der Waals surface area contributed by atoms with E-state index in [9.17, 15) is 0 Å². The van der Waals surface area contributed by atoms with Gasteiger partial charge in [-0.3, -0.25) is 0 Å². The summed E-state index contributed by atoms with van der Waals surface area (Å²) >= 11 is 0. The summed E-state index contributed by atoms with van der Waals surface area (Å²) in [5.41, 5.74) is 2.04. The summed E-state index contributed by atoms with van der Waals surface area (Å²) in [6.45, 7) is 1.89. The first-order valence-corrected chi connectivity index (χ1v) is 9.45. The Bertz CT molecular complexity index is 1060. The molecule has 0 aliphatic carbocycles. The number of benzene rings is 3. The van der Waals surface area contributed by atoms with Crippen molar-refractivity contribution >= 4 is 10.8 Å². The molecule has 0 unspecified atom stereocenters. The van der Waals surface area contributed by atoms with Crippen LogP contribution in [0.1, 0.15) is 24.3 Å². The number of piperidine rings is 1. The molecule has 1 aliphatic heterocycles. The van der Waals surface area contributed by atoms with Gasteiger partial charge in [0, 0.05) is 5.56 Å². The molecule has 1 saturated heterocycles. The molecule has 1 aliphatic rings. The first-order valence-electron chi connectivity index (χ1n) is 9.45. The van der Waals surface area contributed by atoms with Crippen molar-refractivity contribution in [3.8, 4) is 11.4 Å². The molecule has 4 aromatic rings. The topological polar surface area (TPSA) is 51.0 Å². The van der Waals surface area contributed by atoms with Crippen LogP contribution in [-0.2, 0) is 5.41 Å². The molecule has 0 saturated carbocycles. The molecule has 1 fully saturated rings. The lowest BCUT2D eigenvalue weighted by molar-refractivity contribution is 0.260. The van der Waals surface area contributed by atoms with Gasteiger partial charge in [0.05, 0.1) is 5.41 Å². The smallest absolute Gasteiger partial charge is 0.237 e. The first-order chi connectivity index (χ1) is 13.4. The third kappa shape index (κ3) is 2.73. The van der Waals surface area contributed by atoms with E-state index in [-0.39, 0.29) is 5.41 Å². The van der Waals surface area contributed by atoms with E-state index in [0.29, 0.717) is 5.82 Å². The van der Waals surface area contributed by atoms with Crippen LogP contribution in [0.4, 0.5) is 0 Å². The fourth-order valence-corrected chi connectivity index (χ4v) is 4.18. The first kappa shape index (κ1) is 16.2. The number of aromatic nitrogens is 2. The van der Waals surface area contributed by atoms with Gasteiger partial charge in [-0.2, -0.15) is 4.98 Å². The normalized spacial score (nSPS) is 16.4. The van der Waals surface area contributed by atoms with Crippen LogP contribution in [0.2, 0.25) is 0 Å². The van der Waals surface area contributed by atoms with Gasteiger partial charge in [0.1, 0.15) is 0 Å². The summed E-state index contributed by atoms with van der Waals surface area (Å²) < 4.78 is 5.88. The van der Waals surface area contributed by atoms with Gasteiger partial charge >= 0.3 is 0 Å². The highest BCUT2D eigenvalue weighted by Crippen LogP contribution is 2.40. The Balaban J connectivity index is 1.63. The minimum absolute atomic E-state index is 0.220. The quantitative estimate of drug-likeness (QED) is 0.585. The molecule has 27 heavy (non-hydrogen) atoms. The average molecular weight is 355 g/mol. The van der Waals surface area contributed by atoms with Crippen molar-refractivity contribution in [2.24, 2.45) is 0 Å². The minimum Gasteiger partial charge on any atom is -0.338 e. The summed E-state index contributed by atoms with van der Waals surface area (Å²) in [5, 5.41) is 10.2. The van der Waals surface area contributed by atoms with E-state index in [1.54, 1.807) is 0 Å². The number of hydrogen-bond donors (Lipinski definition) is 1. The fourth-order valence-electron chi connectivity index (χ4n) is 4.18. The number of hydrogen-bond acceptors (Lipinski definition) is 4. The van der Waals surface area contributed by atoms with Gasteiger partial charge < -0.3 is 9.84 Å². The molecule has 5 rings (SSSR count). The second kappa shape index (κ2) is 6.63. The van der Waals surface area contributed by atoms with Crippen LogP contribution in [0.5, 0.6) is 0 Å². The largest absolute Gasteiger partial charge is 0.338 e. The van der Waals surface area contributed by atoms with E-state index < -0.39 is 0 Å². The monoisotopic (exact) mass is 355 g/mol. The molecule has 4 heteroatoms. The Morgan fingerprint density at radius 1 is 0.815 bits per heavy atom. The molecule has 2 heterocycles. The fraction of sp³-hybridized carbons (Fsp3) is 0.217. The molecular formula is C23H21N3O. The highest BCUT2D eigenvalue weighted by Gasteiger charge is 2.41. The zero-order valence-corrected chi connectivity index (χ0v) is 15.1. The molecule has 1 N–H and O–H groups in total. The predicted octanol–water partition coefficient (Wildman–Crippen LogP) is 4.56. The maximum absolute atomic E-state index is 5.88. The van der Waals surface area contributed by atoms with Gasteiger partial charge in [-0.15, -0.1) is 0 Å². The van der Waals surface area contributed by atoms with E-state index in [1.165, 1.54) is 10.9 Å². The molecule has 0 bridgehead atoms. The molecule has 4 nitrogen and oxygen atoms in total. The van der Waals surface area contributed by atoms with E-state index in [4.69, 9.17) is 9.51 Å². The van der Waals surface area contributed by atoms with E-state index in [2.05, 4.69) is 59.0 Å². The zero-order valence-electron chi connectivity index (χ0n) is 15.1. The molecule has 3 aromatic carbocycles. The molecule has 0 radical (unpaired) electrons. The number of fused-ring (bicyclic) bond motifs is 1. The Morgan fingerprint density at radius 3 is 2.41 bits per heavy atom. The van der Waals surface area contributed by atoms with Crippen molar-refractivity contribution in [2.75, 3.05) is 13.1 Å². The lowest BCUT2D eigenvalue weighted by atomic mass is 9.73. The zero-order chi connectivity index (χ0) is 18.1. The van der Waals surface area contributed by atoms with Gasteiger partial charge in [0.15, 0.2) is 0 Å². The summed E-state index contributed by atoms with van der Waals surface area (Å²) in [6.07, 6.45) is 1.91. The summed E-state index contributed by atoms with van der Waals surface area (Å²) in [5.74, 6) is 1.38. The maximum Gasteiger partial charge on any atom is 0.237 e. The van der Waals surface area contributed by atoms with Crippen molar-refractivity contribution < 1.29 is 4.52 Å². The predicted molar refractivity (Wildman–Crippen MR) is 107 cm³/mol. The van der Waals surface area contributed by atoms with Crippen molar-refractivity contribution in [3.63, 3.8) is 0 Å². The molecule has 134 valence electrons. The van der Waals surface area contributed by atoms with Gasteiger partial charge in [0.2, 0.25) is 11.7 Å². The van der Waals surface area contributed by atoms with Crippen molar-refractivity contribution in [2.45, 2.75) is 18.3 Å². The SMILES string of the molecule is c1ccc(C2(c3nc(-c4cccc5ccccc45)no3)CCNCC2)cc1. The van der Waals surface area contributed by atoms with Crippen LogP contribution in [0.25, 0.3) is 22.2 Å². The molecule has 0 spiro atoms. The second-order valence-corrected chi connectivity index (χ2v) is 7.15. The summed E-state index contributed by atoms with van der Waals surface area (Å²) in [7, 11) is 0. The third-order valence-corrected chi connectivity index (χ3v) is 5.65. The van der Waals surface area contributed by atoms with Gasteiger partial charge in [-0.25, -0.2) is 0 Å². The molecular weight excluding hydrogens is 334 g/mol. The van der Waals surface area contributed by atoms with Crippen LogP contribution in [0.15, 0.2) is 77.3 Å². The van der Waals surface area contributed by atoms with E-state index in [1.807, 2.05) is 24.3 Å². The Morgan fingerprint density at radius 2 is 1.56 bits per heavy atom. The molecule has 0 atom stereocenters. The highest BCUT2D eigenvalue weighted by atomic mass is 16.5. The van der Waals surface area contributed by atoms with Crippen molar-refractivity contribution in [1.82, 2.24) is 15.5 Å². The van der Waals surface area contributed by atoms with Crippen LogP contribution in [0, 0.1) is 0 Å². The average Bonchev–Trinajstić information content (AvgIpc) is 3.25. The minimum atomic E-state index is -0.220. The summed E-state index contributed by atoms with van der Waals surface area (Å²) in [4.78, 5) is 4.90. The second-order valence-electron chi connectivity index (χ2n) is 7.15. The lowest BCUT2D eigenvalue weighted by Gasteiger charge is -2.34. The number of nitrogens with one attached hydrogen (secondary N) is 1. The number of nitrogens with zero attached hydrogens (tertiary/aromatic N) is 2. The Labute approximate surface area is 158 Å². The lowest BCUT2D eigenvalue weighted by Crippen LogP contribution is -2.41. The van der Waals surface area contributed by atoms with E-state index in [0.717, 1.165) is 42.8 Å². The molecule has 1 aromatic heterocycles. The Kier molecular flexibility index (Phi) is 3.98. The van der Waals surface area contributed by atoms with Crippen LogP contribution in [-0.4, -0.2) is 23.2 Å². The third-order valence-electron chi connectivity index (χ3n) is 5.65. The van der Waals surface area contributed by atoms with Gasteiger partial charge in [-0.05, 0) is 42.3 Å². The summed E-state index contributed by atoms with van der Waals surface area (Å²) in [6, 6.07) is 25.1. The Hall–Kier alpha value is -2.98. The van der Waals surface area contributed by atoms with Crippen LogP contribution in [0.3, 0.4) is 0 Å². The van der Waals surface area contributed by atoms with E-state index >= 15 is 0 Å². The van der Waals surface area contributed by atoms with Crippen molar-refractivity contribution in [1.29, 1.82) is 0 Å². The standard InChI is InChI=1S/C23H21N3O/c1-2-9-18(10-3-1)23(13-15-24-16-14-23)22-25-21(26-27-22)20-12-6-8-17-7-4-5-11-19(17)20/h1-12,24H,13-16H2. The van der Waals surface area contributed by atoms with Gasteiger partial charge in [-0.1, -0.05) is 78.0 Å². The van der Waals surface area contributed by atoms with Crippen molar-refractivity contribution in [3.05, 3.63) is 84.3 Å². The highest BCUT2D eigenvalue weighted by molar-refractivity contribution is 5.94.